The SMILES string of the molecule is O=C(NCc1cccnc1)C1CCN(c2nc3ccccc3cc2CO)CC1. The van der Waals surface area contributed by atoms with Crippen molar-refractivity contribution in [2.45, 2.75) is 26.0 Å². The van der Waals surface area contributed by atoms with Crippen LogP contribution >= 0.6 is 0 Å². The first-order valence-electron chi connectivity index (χ1n) is 9.65. The van der Waals surface area contributed by atoms with Crippen LogP contribution in [0.1, 0.15) is 24.0 Å². The fourth-order valence-corrected chi connectivity index (χ4v) is 3.73. The molecule has 2 aromatic heterocycles. The van der Waals surface area contributed by atoms with Crippen LogP contribution in [-0.4, -0.2) is 34.1 Å². The molecule has 144 valence electrons. The highest BCUT2D eigenvalue weighted by Crippen LogP contribution is 2.28. The molecule has 0 bridgehead atoms. The summed E-state index contributed by atoms with van der Waals surface area (Å²) in [5, 5.41) is 13.8. The summed E-state index contributed by atoms with van der Waals surface area (Å²) in [5.74, 6) is 0.929. The summed E-state index contributed by atoms with van der Waals surface area (Å²) in [5.41, 5.74) is 2.76. The van der Waals surface area contributed by atoms with Crippen LogP contribution in [0.25, 0.3) is 10.9 Å². The molecule has 6 heteroatoms. The maximum Gasteiger partial charge on any atom is 0.223 e. The van der Waals surface area contributed by atoms with Crippen molar-refractivity contribution in [2.24, 2.45) is 5.92 Å². The molecule has 6 nitrogen and oxygen atoms in total. The molecule has 1 amide bonds. The lowest BCUT2D eigenvalue weighted by atomic mass is 9.95. The molecule has 3 heterocycles. The van der Waals surface area contributed by atoms with Crippen molar-refractivity contribution in [1.29, 1.82) is 0 Å². The van der Waals surface area contributed by atoms with Gasteiger partial charge in [-0.15, -0.1) is 0 Å². The zero-order valence-electron chi connectivity index (χ0n) is 15.7. The number of nitrogens with one attached hydrogen (secondary N) is 1. The third kappa shape index (κ3) is 3.97. The molecule has 1 aliphatic rings. The van der Waals surface area contributed by atoms with Crippen LogP contribution in [-0.2, 0) is 17.9 Å². The Morgan fingerprint density at radius 1 is 1.18 bits per heavy atom. The Morgan fingerprint density at radius 2 is 2.00 bits per heavy atom. The van der Waals surface area contributed by atoms with E-state index >= 15 is 0 Å². The molecule has 0 saturated carbocycles. The van der Waals surface area contributed by atoms with Gasteiger partial charge in [0, 0.05) is 48.9 Å². The van der Waals surface area contributed by atoms with Gasteiger partial charge in [-0.05, 0) is 36.6 Å². The van der Waals surface area contributed by atoms with Crippen molar-refractivity contribution in [2.75, 3.05) is 18.0 Å². The molecule has 0 aliphatic carbocycles. The van der Waals surface area contributed by atoms with Crippen molar-refractivity contribution in [1.82, 2.24) is 15.3 Å². The lowest BCUT2D eigenvalue weighted by Gasteiger charge is -2.33. The molecule has 1 aromatic carbocycles. The molecule has 0 radical (unpaired) electrons. The van der Waals surface area contributed by atoms with E-state index in [1.54, 1.807) is 12.4 Å². The number of amides is 1. The number of hydrogen-bond donors (Lipinski definition) is 2. The number of nitrogens with zero attached hydrogens (tertiary/aromatic N) is 3. The van der Waals surface area contributed by atoms with Crippen LogP contribution in [0.5, 0.6) is 0 Å². The van der Waals surface area contributed by atoms with E-state index in [0.29, 0.717) is 6.54 Å². The first kappa shape index (κ1) is 18.4. The van der Waals surface area contributed by atoms with Crippen molar-refractivity contribution < 1.29 is 9.90 Å². The first-order chi connectivity index (χ1) is 13.7. The third-order valence-corrected chi connectivity index (χ3v) is 5.31. The Labute approximate surface area is 164 Å². The van der Waals surface area contributed by atoms with Gasteiger partial charge in [0.1, 0.15) is 5.82 Å². The molecule has 0 atom stereocenters. The van der Waals surface area contributed by atoms with Crippen molar-refractivity contribution in [3.05, 3.63) is 66.0 Å². The minimum atomic E-state index is -0.0430. The van der Waals surface area contributed by atoms with E-state index in [1.165, 1.54) is 0 Å². The van der Waals surface area contributed by atoms with Crippen molar-refractivity contribution in [3.63, 3.8) is 0 Å². The second kappa shape index (κ2) is 8.35. The smallest absolute Gasteiger partial charge is 0.223 e. The fourth-order valence-electron chi connectivity index (χ4n) is 3.73. The molecular weight excluding hydrogens is 352 g/mol. The van der Waals surface area contributed by atoms with Crippen LogP contribution < -0.4 is 10.2 Å². The number of anilines is 1. The van der Waals surface area contributed by atoms with Gasteiger partial charge in [0.25, 0.3) is 0 Å². The number of aliphatic hydroxyl groups excluding tert-OH is 1. The van der Waals surface area contributed by atoms with E-state index in [4.69, 9.17) is 4.98 Å². The average Bonchev–Trinajstić information content (AvgIpc) is 2.77. The fraction of sp³-hybridized carbons (Fsp3) is 0.318. The number of aromatic nitrogens is 2. The number of fused-ring (bicyclic) bond motifs is 1. The lowest BCUT2D eigenvalue weighted by Crippen LogP contribution is -2.41. The maximum atomic E-state index is 12.5. The van der Waals surface area contributed by atoms with E-state index in [1.807, 2.05) is 42.5 Å². The van der Waals surface area contributed by atoms with Gasteiger partial charge in [-0.2, -0.15) is 0 Å². The number of hydrogen-bond acceptors (Lipinski definition) is 5. The predicted molar refractivity (Wildman–Crippen MR) is 109 cm³/mol. The van der Waals surface area contributed by atoms with Crippen LogP contribution in [0, 0.1) is 5.92 Å². The van der Waals surface area contributed by atoms with Crippen LogP contribution in [0.3, 0.4) is 0 Å². The molecule has 1 fully saturated rings. The van der Waals surface area contributed by atoms with Crippen LogP contribution in [0.4, 0.5) is 5.82 Å². The number of carbonyl (C=O) groups is 1. The molecule has 0 spiro atoms. The second-order valence-electron chi connectivity index (χ2n) is 7.16. The molecule has 1 saturated heterocycles. The number of piperidine rings is 1. The normalized spacial score (nSPS) is 15.0. The number of pyridine rings is 2. The lowest BCUT2D eigenvalue weighted by molar-refractivity contribution is -0.125. The molecule has 3 aromatic rings. The molecule has 2 N–H and O–H groups in total. The van der Waals surface area contributed by atoms with Gasteiger partial charge < -0.3 is 15.3 Å². The minimum absolute atomic E-state index is 0.00551. The Bertz CT molecular complexity index is 953. The quantitative estimate of drug-likeness (QED) is 0.716. The Morgan fingerprint density at radius 3 is 2.75 bits per heavy atom. The van der Waals surface area contributed by atoms with Gasteiger partial charge in [-0.25, -0.2) is 4.98 Å². The van der Waals surface area contributed by atoms with Gasteiger partial charge in [0.2, 0.25) is 5.91 Å². The number of carbonyl (C=O) groups excluding carboxylic acids is 1. The zero-order chi connectivity index (χ0) is 19.3. The van der Waals surface area contributed by atoms with E-state index in [0.717, 1.165) is 53.8 Å². The summed E-state index contributed by atoms with van der Waals surface area (Å²) < 4.78 is 0. The third-order valence-electron chi connectivity index (χ3n) is 5.31. The summed E-state index contributed by atoms with van der Waals surface area (Å²) >= 11 is 0. The van der Waals surface area contributed by atoms with E-state index in [2.05, 4.69) is 15.2 Å². The molecule has 1 aliphatic heterocycles. The van der Waals surface area contributed by atoms with Gasteiger partial charge >= 0.3 is 0 Å². The Balaban J connectivity index is 1.40. The molecule has 4 rings (SSSR count). The zero-order valence-corrected chi connectivity index (χ0v) is 15.7. The summed E-state index contributed by atoms with van der Waals surface area (Å²) in [6.07, 6.45) is 5.05. The van der Waals surface area contributed by atoms with E-state index in [-0.39, 0.29) is 18.4 Å². The van der Waals surface area contributed by atoms with Crippen LogP contribution in [0.2, 0.25) is 0 Å². The molecule has 0 unspecified atom stereocenters. The first-order valence-corrected chi connectivity index (χ1v) is 9.65. The summed E-state index contributed by atoms with van der Waals surface area (Å²) in [6, 6.07) is 13.8. The average molecular weight is 376 g/mol. The molecular formula is C22H24N4O2. The standard InChI is InChI=1S/C22H24N4O2/c27-15-19-12-18-5-1-2-6-20(18)25-21(19)26-10-7-17(8-11-26)22(28)24-14-16-4-3-9-23-13-16/h1-6,9,12-13,17,27H,7-8,10-11,14-15H2,(H,24,28). The number of aliphatic hydroxyl groups is 1. The molecule has 28 heavy (non-hydrogen) atoms. The van der Waals surface area contributed by atoms with Gasteiger partial charge in [-0.1, -0.05) is 24.3 Å². The van der Waals surface area contributed by atoms with E-state index < -0.39 is 0 Å². The van der Waals surface area contributed by atoms with E-state index in [9.17, 15) is 9.90 Å². The van der Waals surface area contributed by atoms with Crippen molar-refractivity contribution >= 4 is 22.6 Å². The Kier molecular flexibility index (Phi) is 5.48. The maximum absolute atomic E-state index is 12.5. The number of rotatable bonds is 5. The number of benzene rings is 1. The highest BCUT2D eigenvalue weighted by atomic mass is 16.3. The van der Waals surface area contributed by atoms with Gasteiger partial charge in [-0.3, -0.25) is 9.78 Å². The summed E-state index contributed by atoms with van der Waals surface area (Å²) in [6.45, 7) is 1.97. The van der Waals surface area contributed by atoms with Gasteiger partial charge in [0.05, 0.1) is 12.1 Å². The predicted octanol–water partition coefficient (Wildman–Crippen LogP) is 2.65. The van der Waals surface area contributed by atoms with Crippen molar-refractivity contribution in [3.8, 4) is 0 Å². The highest BCUT2D eigenvalue weighted by molar-refractivity contribution is 5.82. The monoisotopic (exact) mass is 376 g/mol. The second-order valence-corrected chi connectivity index (χ2v) is 7.16. The minimum Gasteiger partial charge on any atom is -0.392 e. The summed E-state index contributed by atoms with van der Waals surface area (Å²) in [4.78, 5) is 23.5. The Hall–Kier alpha value is -2.99. The largest absolute Gasteiger partial charge is 0.392 e. The number of para-hydroxylation sites is 1. The topological polar surface area (TPSA) is 78.4 Å². The van der Waals surface area contributed by atoms with Gasteiger partial charge in [0.15, 0.2) is 0 Å². The summed E-state index contributed by atoms with van der Waals surface area (Å²) in [7, 11) is 0. The van der Waals surface area contributed by atoms with Crippen LogP contribution in [0.15, 0.2) is 54.9 Å². The highest BCUT2D eigenvalue weighted by Gasteiger charge is 2.26.